The van der Waals surface area contributed by atoms with E-state index in [1.54, 1.807) is 25.1 Å². The maximum atomic E-state index is 13.1. The van der Waals surface area contributed by atoms with Crippen LogP contribution in [0.25, 0.3) is 5.76 Å². The van der Waals surface area contributed by atoms with Crippen LogP contribution in [0.4, 0.5) is 10.6 Å². The van der Waals surface area contributed by atoms with Crippen LogP contribution in [0.15, 0.2) is 53.1 Å². The van der Waals surface area contributed by atoms with E-state index in [9.17, 15) is 18.0 Å². The summed E-state index contributed by atoms with van der Waals surface area (Å²) in [5.41, 5.74) is -0.195. The Morgan fingerprint density at radius 2 is 1.91 bits per heavy atom. The van der Waals surface area contributed by atoms with E-state index >= 15 is 0 Å². The average molecular weight is 482 g/mol. The van der Waals surface area contributed by atoms with Gasteiger partial charge in [-0.05, 0) is 31.2 Å². The number of carbonyl (C=O) groups is 2. The summed E-state index contributed by atoms with van der Waals surface area (Å²) in [5, 5.41) is 2.64. The molecule has 12 heteroatoms. The molecule has 0 fully saturated rings. The molecule has 1 atom stereocenters. The number of hydrogen-bond acceptors (Lipinski definition) is 8. The summed E-state index contributed by atoms with van der Waals surface area (Å²) in [4.78, 5) is 28.7. The smallest absolute Gasteiger partial charge is 0.452 e. The fraction of sp³-hybridized carbons (Fsp3) is 0.250. The van der Waals surface area contributed by atoms with E-state index in [1.807, 2.05) is 0 Å². The van der Waals surface area contributed by atoms with Crippen molar-refractivity contribution in [2.45, 2.75) is 25.0 Å². The van der Waals surface area contributed by atoms with E-state index in [-0.39, 0.29) is 39.5 Å². The molecule has 1 aliphatic rings. The Balaban J connectivity index is 2.07. The first kappa shape index (κ1) is 23.4. The number of aromatic nitrogens is 1. The molecule has 3 rings (SSSR count). The Morgan fingerprint density at radius 3 is 2.59 bits per heavy atom. The van der Waals surface area contributed by atoms with Gasteiger partial charge in [0, 0.05) is 19.5 Å². The first-order valence-corrected chi connectivity index (χ1v) is 11.2. The number of halogens is 1. The highest BCUT2D eigenvalue weighted by molar-refractivity contribution is 7.89. The van der Waals surface area contributed by atoms with Gasteiger partial charge in [0.25, 0.3) is 15.9 Å². The fourth-order valence-electron chi connectivity index (χ4n) is 2.91. The molecule has 1 N–H and O–H groups in total. The minimum atomic E-state index is -4.06. The number of likely N-dealkylation sites (N-methyl/N-ethyl adjacent to an activating group) is 1. The second-order valence-corrected chi connectivity index (χ2v) is 8.76. The normalized spacial score (nSPS) is 15.4. The topological polar surface area (TPSA) is 124 Å². The zero-order valence-corrected chi connectivity index (χ0v) is 18.9. The van der Waals surface area contributed by atoms with Gasteiger partial charge in [0.1, 0.15) is 11.0 Å². The van der Waals surface area contributed by atoms with Crippen LogP contribution < -0.4 is 5.32 Å². The Kier molecular flexibility index (Phi) is 6.90. The number of benzene rings is 1. The van der Waals surface area contributed by atoms with E-state index in [0.717, 1.165) is 4.31 Å². The first-order valence-electron chi connectivity index (χ1n) is 9.41. The van der Waals surface area contributed by atoms with Gasteiger partial charge < -0.3 is 19.5 Å². The summed E-state index contributed by atoms with van der Waals surface area (Å²) >= 11 is 5.86. The van der Waals surface area contributed by atoms with Crippen molar-refractivity contribution < 1.29 is 32.2 Å². The van der Waals surface area contributed by atoms with E-state index in [0.29, 0.717) is 0 Å². The predicted molar refractivity (Wildman–Crippen MR) is 115 cm³/mol. The number of carbonyl (C=O) groups excluding carboxylic acids is 2. The molecule has 2 aromatic rings. The van der Waals surface area contributed by atoms with Gasteiger partial charge in [-0.25, -0.2) is 18.2 Å². The molecular formula is C20H20ClN3O7S. The lowest BCUT2D eigenvalue weighted by Gasteiger charge is -2.31. The summed E-state index contributed by atoms with van der Waals surface area (Å²) in [6, 6.07) is 10.6. The van der Waals surface area contributed by atoms with E-state index in [1.165, 1.54) is 38.2 Å². The van der Waals surface area contributed by atoms with Gasteiger partial charge in [0.05, 0.1) is 11.5 Å². The highest BCUT2D eigenvalue weighted by Crippen LogP contribution is 2.37. The Morgan fingerprint density at radius 1 is 1.19 bits per heavy atom. The fourth-order valence-corrected chi connectivity index (χ4v) is 4.47. The van der Waals surface area contributed by atoms with Crippen LogP contribution in [-0.4, -0.2) is 49.7 Å². The maximum absolute atomic E-state index is 13.1. The molecule has 170 valence electrons. The summed E-state index contributed by atoms with van der Waals surface area (Å²) in [6.07, 6.45) is -2.17. The quantitative estimate of drug-likeness (QED) is 0.379. The lowest BCUT2D eigenvalue weighted by Crippen LogP contribution is -2.38. The molecule has 0 saturated carbocycles. The molecule has 0 spiro atoms. The van der Waals surface area contributed by atoms with Crippen molar-refractivity contribution in [1.82, 2.24) is 9.29 Å². The molecule has 10 nitrogen and oxygen atoms in total. The summed E-state index contributed by atoms with van der Waals surface area (Å²) < 4.78 is 42.3. The number of fused-ring (bicyclic) bond motifs is 1. The molecule has 0 aliphatic carbocycles. The molecule has 0 radical (unpaired) electrons. The van der Waals surface area contributed by atoms with Gasteiger partial charge in [0.15, 0.2) is 11.5 Å². The Labute approximate surface area is 189 Å². The molecule has 1 aliphatic heterocycles. The van der Waals surface area contributed by atoms with Crippen molar-refractivity contribution in [1.29, 1.82) is 0 Å². The number of hydrogen-bond donors (Lipinski definition) is 1. The third kappa shape index (κ3) is 4.78. The van der Waals surface area contributed by atoms with Crippen molar-refractivity contribution in [3.8, 4) is 0 Å². The third-order valence-corrected chi connectivity index (χ3v) is 6.31. The number of amides is 1. The van der Waals surface area contributed by atoms with Crippen LogP contribution in [-0.2, 0) is 29.0 Å². The van der Waals surface area contributed by atoms with Crippen molar-refractivity contribution >= 4 is 45.3 Å². The second kappa shape index (κ2) is 9.45. The molecule has 1 aromatic carbocycles. The van der Waals surface area contributed by atoms with Gasteiger partial charge in [-0.1, -0.05) is 29.8 Å². The van der Waals surface area contributed by atoms with Gasteiger partial charge >= 0.3 is 6.16 Å². The number of rotatable bonds is 6. The van der Waals surface area contributed by atoms with E-state index in [4.69, 9.17) is 25.8 Å². The number of sulfonamides is 1. The molecule has 0 bridgehead atoms. The van der Waals surface area contributed by atoms with Crippen molar-refractivity contribution in [2.75, 3.05) is 19.0 Å². The molecule has 1 aromatic heterocycles. The van der Waals surface area contributed by atoms with Crippen LogP contribution in [0.1, 0.15) is 19.4 Å². The van der Waals surface area contributed by atoms with Gasteiger partial charge in [-0.15, -0.1) is 0 Å². The van der Waals surface area contributed by atoms with Crippen LogP contribution in [0.5, 0.6) is 0 Å². The Bertz CT molecular complexity index is 1180. The molecular weight excluding hydrogens is 462 g/mol. The van der Waals surface area contributed by atoms with Crippen LogP contribution in [0.3, 0.4) is 0 Å². The SMILES string of the molecule is CCOC(=O)OC(C)OC1=C(C(=O)Nc2cccc(Cl)n2)N(C)S(=O)(=O)c2ccccc21. The monoisotopic (exact) mass is 481 g/mol. The number of nitrogens with one attached hydrogen (secondary N) is 1. The molecule has 32 heavy (non-hydrogen) atoms. The lowest BCUT2D eigenvalue weighted by molar-refractivity contribution is -0.114. The number of ether oxygens (including phenoxy) is 3. The maximum Gasteiger partial charge on any atom is 0.511 e. The van der Waals surface area contributed by atoms with Crippen LogP contribution in [0.2, 0.25) is 5.15 Å². The average Bonchev–Trinajstić information content (AvgIpc) is 2.72. The molecule has 1 unspecified atom stereocenters. The molecule has 2 heterocycles. The summed E-state index contributed by atoms with van der Waals surface area (Å²) in [7, 11) is -2.85. The van der Waals surface area contributed by atoms with Crippen molar-refractivity contribution in [3.05, 3.63) is 58.9 Å². The predicted octanol–water partition coefficient (Wildman–Crippen LogP) is 3.21. The summed E-state index contributed by atoms with van der Waals surface area (Å²) in [5.74, 6) is -0.817. The van der Waals surface area contributed by atoms with Crippen LogP contribution >= 0.6 is 11.6 Å². The van der Waals surface area contributed by atoms with E-state index < -0.39 is 28.4 Å². The minimum absolute atomic E-state index is 0.0711. The second-order valence-electron chi connectivity index (χ2n) is 6.43. The highest BCUT2D eigenvalue weighted by Gasteiger charge is 2.39. The van der Waals surface area contributed by atoms with Gasteiger partial charge in [-0.3, -0.25) is 9.10 Å². The standard InChI is InChI=1S/C20H20ClN3O7S/c1-4-29-20(26)31-12(2)30-18-13-8-5-6-9-14(13)32(27,28)24(3)17(18)19(25)23-16-11-7-10-15(21)22-16/h5-12H,4H2,1-3H3,(H,22,23,25). The summed E-state index contributed by atoms with van der Waals surface area (Å²) in [6.45, 7) is 3.11. The molecule has 0 saturated heterocycles. The van der Waals surface area contributed by atoms with Gasteiger partial charge in [0.2, 0.25) is 6.29 Å². The number of pyridine rings is 1. The largest absolute Gasteiger partial charge is 0.511 e. The lowest BCUT2D eigenvalue weighted by atomic mass is 10.1. The number of nitrogens with zero attached hydrogens (tertiary/aromatic N) is 2. The minimum Gasteiger partial charge on any atom is -0.452 e. The molecule has 1 amide bonds. The van der Waals surface area contributed by atoms with Crippen molar-refractivity contribution in [3.63, 3.8) is 0 Å². The zero-order chi connectivity index (χ0) is 23.5. The highest BCUT2D eigenvalue weighted by atomic mass is 35.5. The van der Waals surface area contributed by atoms with Crippen LogP contribution in [0, 0.1) is 0 Å². The Hall–Kier alpha value is -3.31. The zero-order valence-electron chi connectivity index (χ0n) is 17.4. The number of anilines is 1. The third-order valence-electron chi connectivity index (χ3n) is 4.28. The van der Waals surface area contributed by atoms with Gasteiger partial charge in [-0.2, -0.15) is 0 Å². The van der Waals surface area contributed by atoms with E-state index in [2.05, 4.69) is 10.3 Å². The first-order chi connectivity index (χ1) is 15.1. The van der Waals surface area contributed by atoms with Crippen molar-refractivity contribution in [2.24, 2.45) is 0 Å².